The molecule has 8 nitrogen and oxygen atoms in total. The summed E-state index contributed by atoms with van der Waals surface area (Å²) in [5, 5.41) is 13.2. The normalized spacial score (nSPS) is 10.9. The molecule has 2 heterocycles. The van der Waals surface area contributed by atoms with Crippen molar-refractivity contribution in [1.82, 2.24) is 9.38 Å². The van der Waals surface area contributed by atoms with Crippen LogP contribution in [0, 0.1) is 10.1 Å². The van der Waals surface area contributed by atoms with Crippen LogP contribution >= 0.6 is 11.3 Å². The maximum Gasteiger partial charge on any atom is 0.373 e. The van der Waals surface area contributed by atoms with E-state index in [1.807, 2.05) is 30.1 Å². The lowest BCUT2D eigenvalue weighted by atomic mass is 10.1. The van der Waals surface area contributed by atoms with Crippen molar-refractivity contribution in [1.29, 1.82) is 0 Å². The van der Waals surface area contributed by atoms with Crippen molar-refractivity contribution in [3.8, 4) is 11.5 Å². The van der Waals surface area contributed by atoms with Crippen LogP contribution in [0.15, 0.2) is 29.8 Å². The van der Waals surface area contributed by atoms with Gasteiger partial charge in [0.25, 0.3) is 4.96 Å². The number of fused-ring (bicyclic) bond motifs is 1. The molecule has 0 unspecified atom stereocenters. The second-order valence-corrected chi connectivity index (χ2v) is 6.66. The predicted molar refractivity (Wildman–Crippen MR) is 101 cm³/mol. The Morgan fingerprint density at radius 1 is 1.31 bits per heavy atom. The van der Waals surface area contributed by atoms with Gasteiger partial charge in [-0.2, -0.15) is 9.38 Å². The lowest BCUT2D eigenvalue weighted by Gasteiger charge is -2.16. The molecule has 138 valence electrons. The third-order valence-corrected chi connectivity index (χ3v) is 4.92. The Morgan fingerprint density at radius 3 is 2.77 bits per heavy atom. The van der Waals surface area contributed by atoms with E-state index in [2.05, 4.69) is 4.98 Å². The van der Waals surface area contributed by atoms with Crippen LogP contribution in [-0.2, 0) is 6.42 Å². The number of hydrogen-bond acceptors (Lipinski definition) is 7. The zero-order valence-electron chi connectivity index (χ0n) is 14.8. The number of nitrogens with zero attached hydrogens (tertiary/aromatic N) is 4. The SMILES string of the molecule is COc1ccc(CCCN(C)c2nc3sccn3c2[N+](=O)[O-])cc1OC. The van der Waals surface area contributed by atoms with E-state index < -0.39 is 0 Å². The molecule has 0 amide bonds. The Morgan fingerprint density at radius 2 is 2.08 bits per heavy atom. The van der Waals surface area contributed by atoms with Gasteiger partial charge >= 0.3 is 5.82 Å². The fourth-order valence-electron chi connectivity index (χ4n) is 2.85. The van der Waals surface area contributed by atoms with Crippen molar-refractivity contribution >= 4 is 27.9 Å². The van der Waals surface area contributed by atoms with Gasteiger partial charge in [-0.25, -0.2) is 0 Å². The highest BCUT2D eigenvalue weighted by molar-refractivity contribution is 7.15. The molecule has 0 saturated carbocycles. The first kappa shape index (κ1) is 18.0. The van der Waals surface area contributed by atoms with Gasteiger partial charge in [-0.3, -0.25) is 0 Å². The maximum absolute atomic E-state index is 11.4. The Balaban J connectivity index is 1.68. The molecule has 1 aromatic carbocycles. The van der Waals surface area contributed by atoms with Crippen molar-refractivity contribution in [3.05, 3.63) is 45.5 Å². The van der Waals surface area contributed by atoms with Gasteiger partial charge < -0.3 is 24.5 Å². The summed E-state index contributed by atoms with van der Waals surface area (Å²) in [5.74, 6) is 1.80. The first-order chi connectivity index (χ1) is 12.5. The fraction of sp³-hybridized carbons (Fsp3) is 0.353. The van der Waals surface area contributed by atoms with Crippen molar-refractivity contribution in [3.63, 3.8) is 0 Å². The molecule has 0 aliphatic rings. The highest BCUT2D eigenvalue weighted by atomic mass is 32.1. The smallest absolute Gasteiger partial charge is 0.373 e. The average Bonchev–Trinajstić information content (AvgIpc) is 3.21. The van der Waals surface area contributed by atoms with E-state index in [4.69, 9.17) is 9.47 Å². The van der Waals surface area contributed by atoms with Crippen molar-refractivity contribution in [2.45, 2.75) is 12.8 Å². The van der Waals surface area contributed by atoms with E-state index >= 15 is 0 Å². The summed E-state index contributed by atoms with van der Waals surface area (Å²) < 4.78 is 12.1. The molecule has 3 rings (SSSR count). The standard InChI is InChI=1S/C17H20N4O4S/c1-19(15-16(21(22)23)20-9-10-26-17(20)18-15)8-4-5-12-6-7-13(24-2)14(11-12)25-3/h6-7,9-11H,4-5,8H2,1-3H3. The molecule has 0 fully saturated rings. The second kappa shape index (κ2) is 7.61. The summed E-state index contributed by atoms with van der Waals surface area (Å²) in [6.07, 6.45) is 3.32. The van der Waals surface area contributed by atoms with Crippen molar-refractivity contribution in [2.24, 2.45) is 0 Å². The minimum Gasteiger partial charge on any atom is -0.493 e. The zero-order chi connectivity index (χ0) is 18.7. The van der Waals surface area contributed by atoms with E-state index in [-0.39, 0.29) is 10.7 Å². The summed E-state index contributed by atoms with van der Waals surface area (Å²) in [4.78, 5) is 17.9. The van der Waals surface area contributed by atoms with Gasteiger partial charge in [0.2, 0.25) is 5.82 Å². The average molecular weight is 376 g/mol. The number of nitro groups is 1. The Labute approximate surface area is 154 Å². The topological polar surface area (TPSA) is 82.1 Å². The summed E-state index contributed by atoms with van der Waals surface area (Å²) >= 11 is 1.38. The van der Waals surface area contributed by atoms with Crippen LogP contribution in [0.25, 0.3) is 4.96 Å². The molecule has 0 N–H and O–H groups in total. The molecule has 0 aliphatic heterocycles. The van der Waals surface area contributed by atoms with E-state index in [0.717, 1.165) is 18.4 Å². The molecule has 0 bridgehead atoms. The van der Waals surface area contributed by atoms with Gasteiger partial charge in [0.15, 0.2) is 11.5 Å². The number of imidazole rings is 1. The van der Waals surface area contributed by atoms with E-state index in [1.165, 1.54) is 15.7 Å². The molecule has 9 heteroatoms. The molecule has 26 heavy (non-hydrogen) atoms. The van der Waals surface area contributed by atoms with Crippen LogP contribution in [0.5, 0.6) is 11.5 Å². The molecule has 0 radical (unpaired) electrons. The van der Waals surface area contributed by atoms with Gasteiger partial charge in [0.05, 0.1) is 14.2 Å². The monoisotopic (exact) mass is 376 g/mol. The molecule has 2 aromatic heterocycles. The van der Waals surface area contributed by atoms with Gasteiger partial charge in [-0.1, -0.05) is 17.4 Å². The van der Waals surface area contributed by atoms with Crippen LogP contribution in [0.4, 0.5) is 11.6 Å². The summed E-state index contributed by atoms with van der Waals surface area (Å²) in [5.41, 5.74) is 1.12. The fourth-order valence-corrected chi connectivity index (χ4v) is 3.55. The summed E-state index contributed by atoms with van der Waals surface area (Å²) in [6, 6.07) is 5.83. The number of benzene rings is 1. The lowest BCUT2D eigenvalue weighted by molar-refractivity contribution is -0.389. The largest absolute Gasteiger partial charge is 0.493 e. The van der Waals surface area contributed by atoms with Crippen LogP contribution in [0.2, 0.25) is 0 Å². The third-order valence-electron chi connectivity index (χ3n) is 4.16. The predicted octanol–water partition coefficient (Wildman–Crippen LogP) is 3.39. The van der Waals surface area contributed by atoms with Crippen LogP contribution < -0.4 is 14.4 Å². The zero-order valence-corrected chi connectivity index (χ0v) is 15.7. The minimum atomic E-state index is -0.382. The number of aryl methyl sites for hydroxylation is 1. The number of methoxy groups -OCH3 is 2. The lowest BCUT2D eigenvalue weighted by Crippen LogP contribution is -2.20. The molecule has 0 spiro atoms. The number of rotatable bonds is 8. The van der Waals surface area contributed by atoms with Gasteiger partial charge in [-0.05, 0) is 35.5 Å². The molecule has 0 aliphatic carbocycles. The van der Waals surface area contributed by atoms with Crippen molar-refractivity contribution in [2.75, 3.05) is 32.7 Å². The van der Waals surface area contributed by atoms with E-state index in [0.29, 0.717) is 28.8 Å². The molecule has 0 atom stereocenters. The summed E-state index contributed by atoms with van der Waals surface area (Å²) in [7, 11) is 5.04. The Bertz CT molecular complexity index is 921. The number of hydrogen-bond donors (Lipinski definition) is 0. The van der Waals surface area contributed by atoms with Crippen LogP contribution in [0.1, 0.15) is 12.0 Å². The number of anilines is 1. The number of thiazole rings is 1. The van der Waals surface area contributed by atoms with Crippen LogP contribution in [-0.4, -0.2) is 42.1 Å². The molecular formula is C17H20N4O4S. The molecule has 0 saturated heterocycles. The second-order valence-electron chi connectivity index (χ2n) is 5.79. The van der Waals surface area contributed by atoms with E-state index in [9.17, 15) is 10.1 Å². The third kappa shape index (κ3) is 3.43. The van der Waals surface area contributed by atoms with Gasteiger partial charge in [0, 0.05) is 19.0 Å². The molecular weight excluding hydrogens is 356 g/mol. The van der Waals surface area contributed by atoms with Crippen LogP contribution in [0.3, 0.4) is 0 Å². The highest BCUT2D eigenvalue weighted by Gasteiger charge is 2.26. The Hall–Kier alpha value is -2.81. The first-order valence-electron chi connectivity index (χ1n) is 8.07. The van der Waals surface area contributed by atoms with Crippen molar-refractivity contribution < 1.29 is 14.4 Å². The van der Waals surface area contributed by atoms with E-state index in [1.54, 1.807) is 25.8 Å². The van der Waals surface area contributed by atoms with Gasteiger partial charge in [-0.15, -0.1) is 0 Å². The number of aromatic nitrogens is 2. The molecule has 3 aromatic rings. The highest BCUT2D eigenvalue weighted by Crippen LogP contribution is 2.31. The number of ether oxygens (including phenoxy) is 2. The van der Waals surface area contributed by atoms with Gasteiger partial charge in [0.1, 0.15) is 6.20 Å². The quantitative estimate of drug-likeness (QED) is 0.443. The minimum absolute atomic E-state index is 0.00914. The Kier molecular flexibility index (Phi) is 5.27. The maximum atomic E-state index is 11.4. The first-order valence-corrected chi connectivity index (χ1v) is 8.95. The summed E-state index contributed by atoms with van der Waals surface area (Å²) in [6.45, 7) is 0.653.